The molecule has 0 saturated carbocycles. The number of halogens is 1. The highest BCUT2D eigenvalue weighted by molar-refractivity contribution is 9.10. The van der Waals surface area contributed by atoms with Crippen molar-refractivity contribution in [1.82, 2.24) is 4.90 Å². The molecule has 1 fully saturated rings. The summed E-state index contributed by atoms with van der Waals surface area (Å²) in [5, 5.41) is 0. The third kappa shape index (κ3) is 5.04. The summed E-state index contributed by atoms with van der Waals surface area (Å²) in [5.74, 6) is -0.0264. The number of carbonyl (C=O) groups excluding carboxylic acids is 2. The molecule has 1 aromatic rings. The molecule has 0 aliphatic carbocycles. The molecular formula is C17H22BrNO4. The lowest BCUT2D eigenvalue weighted by atomic mass is 10.0. The maximum atomic E-state index is 12.5. The van der Waals surface area contributed by atoms with Gasteiger partial charge in [-0.2, -0.15) is 0 Å². The summed E-state index contributed by atoms with van der Waals surface area (Å²) < 4.78 is 11.6. The second-order valence-electron chi connectivity index (χ2n) is 6.51. The molecule has 1 atom stereocenters. The average molecular weight is 384 g/mol. The second kappa shape index (κ2) is 7.45. The van der Waals surface area contributed by atoms with E-state index >= 15 is 0 Å². The molecule has 0 bridgehead atoms. The smallest absolute Gasteiger partial charge is 0.410 e. The highest BCUT2D eigenvalue weighted by Gasteiger charge is 2.32. The molecule has 1 heterocycles. The Morgan fingerprint density at radius 3 is 2.70 bits per heavy atom. The van der Waals surface area contributed by atoms with Crippen LogP contribution in [0.5, 0.6) is 0 Å². The molecular weight excluding hydrogens is 362 g/mol. The van der Waals surface area contributed by atoms with Crippen molar-refractivity contribution in [3.63, 3.8) is 0 Å². The number of Topliss-reactive ketones (excluding diaryl/α,β-unsaturated/α-hetero) is 1. The second-order valence-corrected chi connectivity index (χ2v) is 7.36. The van der Waals surface area contributed by atoms with E-state index in [2.05, 4.69) is 15.9 Å². The van der Waals surface area contributed by atoms with Crippen LogP contribution in [0.15, 0.2) is 28.7 Å². The van der Waals surface area contributed by atoms with Crippen LogP contribution in [0.1, 0.15) is 37.6 Å². The zero-order valence-corrected chi connectivity index (χ0v) is 15.3. The summed E-state index contributed by atoms with van der Waals surface area (Å²) in [6.07, 6.45) is -0.187. The van der Waals surface area contributed by atoms with E-state index in [1.165, 1.54) is 0 Å². The number of hydrogen-bond acceptors (Lipinski definition) is 4. The minimum absolute atomic E-state index is 0.0264. The molecule has 5 nitrogen and oxygen atoms in total. The Balaban J connectivity index is 2.08. The zero-order valence-electron chi connectivity index (χ0n) is 13.7. The highest BCUT2D eigenvalue weighted by Crippen LogP contribution is 2.22. The fourth-order valence-electron chi connectivity index (χ4n) is 2.40. The third-order valence-electron chi connectivity index (χ3n) is 3.45. The van der Waals surface area contributed by atoms with Gasteiger partial charge in [0.25, 0.3) is 0 Å². The lowest BCUT2D eigenvalue weighted by molar-refractivity contribution is -0.0322. The third-order valence-corrected chi connectivity index (χ3v) is 4.14. The van der Waals surface area contributed by atoms with Gasteiger partial charge in [-0.3, -0.25) is 4.79 Å². The SMILES string of the molecule is CC(C)(C)OC(=O)N1CCOCC1CC(=O)c1ccccc1Br. The van der Waals surface area contributed by atoms with Crippen LogP contribution >= 0.6 is 15.9 Å². The zero-order chi connectivity index (χ0) is 17.0. The van der Waals surface area contributed by atoms with Crippen LogP contribution in [0.25, 0.3) is 0 Å². The van der Waals surface area contributed by atoms with E-state index in [4.69, 9.17) is 9.47 Å². The van der Waals surface area contributed by atoms with Crippen molar-refractivity contribution >= 4 is 27.8 Å². The van der Waals surface area contributed by atoms with Gasteiger partial charge >= 0.3 is 6.09 Å². The first-order chi connectivity index (χ1) is 10.8. The van der Waals surface area contributed by atoms with E-state index < -0.39 is 11.7 Å². The minimum atomic E-state index is -0.563. The Hall–Kier alpha value is -1.40. The van der Waals surface area contributed by atoms with Gasteiger partial charge in [0.15, 0.2) is 5.78 Å². The summed E-state index contributed by atoms with van der Waals surface area (Å²) in [6.45, 7) is 6.71. The van der Waals surface area contributed by atoms with E-state index in [9.17, 15) is 9.59 Å². The van der Waals surface area contributed by atoms with Gasteiger partial charge in [-0.15, -0.1) is 0 Å². The molecule has 0 N–H and O–H groups in total. The Bertz CT molecular complexity index is 582. The minimum Gasteiger partial charge on any atom is -0.444 e. The number of ketones is 1. The summed E-state index contributed by atoms with van der Waals surface area (Å²) in [4.78, 5) is 26.5. The molecule has 1 aliphatic rings. The molecule has 1 aliphatic heterocycles. The predicted molar refractivity (Wildman–Crippen MR) is 90.6 cm³/mol. The van der Waals surface area contributed by atoms with Gasteiger partial charge in [0.1, 0.15) is 5.60 Å². The monoisotopic (exact) mass is 383 g/mol. The topological polar surface area (TPSA) is 55.8 Å². The molecule has 126 valence electrons. The summed E-state index contributed by atoms with van der Waals surface area (Å²) in [5.41, 5.74) is 0.0501. The molecule has 6 heteroatoms. The average Bonchev–Trinajstić information content (AvgIpc) is 2.46. The summed E-state index contributed by atoms with van der Waals surface area (Å²) >= 11 is 3.39. The molecule has 1 unspecified atom stereocenters. The Morgan fingerprint density at radius 2 is 2.04 bits per heavy atom. The number of hydrogen-bond donors (Lipinski definition) is 0. The van der Waals surface area contributed by atoms with Crippen LogP contribution in [-0.4, -0.2) is 48.2 Å². The van der Waals surface area contributed by atoms with E-state index in [0.717, 1.165) is 4.47 Å². The number of morpholine rings is 1. The van der Waals surface area contributed by atoms with Crippen molar-refractivity contribution in [3.05, 3.63) is 34.3 Å². The van der Waals surface area contributed by atoms with Crippen LogP contribution < -0.4 is 0 Å². The van der Waals surface area contributed by atoms with E-state index in [-0.39, 0.29) is 18.2 Å². The van der Waals surface area contributed by atoms with Crippen LogP contribution in [0, 0.1) is 0 Å². The first-order valence-electron chi connectivity index (χ1n) is 7.63. The number of amides is 1. The number of benzene rings is 1. The lowest BCUT2D eigenvalue weighted by Gasteiger charge is -2.36. The molecule has 0 spiro atoms. The Kier molecular flexibility index (Phi) is 5.81. The van der Waals surface area contributed by atoms with Crippen molar-refractivity contribution in [2.45, 2.75) is 38.8 Å². The highest BCUT2D eigenvalue weighted by atomic mass is 79.9. The normalized spacial score (nSPS) is 18.6. The number of rotatable bonds is 3. The van der Waals surface area contributed by atoms with Crippen LogP contribution in [0.2, 0.25) is 0 Å². The summed E-state index contributed by atoms with van der Waals surface area (Å²) in [6, 6.07) is 6.97. The van der Waals surface area contributed by atoms with Gasteiger partial charge in [-0.25, -0.2) is 4.79 Å². The predicted octanol–water partition coefficient (Wildman–Crippen LogP) is 3.66. The molecule has 2 rings (SSSR count). The van der Waals surface area contributed by atoms with Crippen molar-refractivity contribution in [2.75, 3.05) is 19.8 Å². The molecule has 23 heavy (non-hydrogen) atoms. The number of carbonyl (C=O) groups is 2. The van der Waals surface area contributed by atoms with Gasteiger partial charge in [-0.05, 0) is 26.8 Å². The number of ether oxygens (including phenoxy) is 2. The molecule has 0 radical (unpaired) electrons. The Labute approximate surface area is 145 Å². The Morgan fingerprint density at radius 1 is 1.35 bits per heavy atom. The van der Waals surface area contributed by atoms with E-state index in [1.54, 1.807) is 11.0 Å². The maximum Gasteiger partial charge on any atom is 0.410 e. The number of nitrogens with zero attached hydrogens (tertiary/aromatic N) is 1. The first-order valence-corrected chi connectivity index (χ1v) is 8.42. The molecule has 1 aromatic carbocycles. The lowest BCUT2D eigenvalue weighted by Crippen LogP contribution is -2.51. The molecule has 0 aromatic heterocycles. The van der Waals surface area contributed by atoms with Crippen LogP contribution in [0.4, 0.5) is 4.79 Å². The van der Waals surface area contributed by atoms with Crippen LogP contribution in [-0.2, 0) is 9.47 Å². The van der Waals surface area contributed by atoms with Gasteiger partial charge in [0, 0.05) is 23.0 Å². The van der Waals surface area contributed by atoms with Crippen LogP contribution in [0.3, 0.4) is 0 Å². The van der Waals surface area contributed by atoms with E-state index in [1.807, 2.05) is 39.0 Å². The summed E-state index contributed by atoms with van der Waals surface area (Å²) in [7, 11) is 0. The van der Waals surface area contributed by atoms with Gasteiger partial charge in [0.05, 0.1) is 19.3 Å². The first kappa shape index (κ1) is 17.9. The largest absolute Gasteiger partial charge is 0.444 e. The standard InChI is InChI=1S/C17H22BrNO4/c1-17(2,3)23-16(21)19-8-9-22-11-12(19)10-15(20)13-6-4-5-7-14(13)18/h4-7,12H,8-11H2,1-3H3. The van der Waals surface area contributed by atoms with Crippen molar-refractivity contribution in [1.29, 1.82) is 0 Å². The van der Waals surface area contributed by atoms with E-state index in [0.29, 0.717) is 25.3 Å². The van der Waals surface area contributed by atoms with Gasteiger partial charge in [0.2, 0.25) is 0 Å². The fourth-order valence-corrected chi connectivity index (χ4v) is 2.90. The molecule has 1 amide bonds. The fraction of sp³-hybridized carbons (Fsp3) is 0.529. The molecule has 1 saturated heterocycles. The van der Waals surface area contributed by atoms with Crippen molar-refractivity contribution in [2.24, 2.45) is 0 Å². The van der Waals surface area contributed by atoms with Gasteiger partial charge in [-0.1, -0.05) is 34.1 Å². The van der Waals surface area contributed by atoms with Gasteiger partial charge < -0.3 is 14.4 Å². The quantitative estimate of drug-likeness (QED) is 0.747. The maximum absolute atomic E-state index is 12.5. The van der Waals surface area contributed by atoms with Crippen molar-refractivity contribution < 1.29 is 19.1 Å². The van der Waals surface area contributed by atoms with Crippen molar-refractivity contribution in [3.8, 4) is 0 Å².